The number of carbonyl (C=O) groups excluding carboxylic acids is 1. The van der Waals surface area contributed by atoms with Crippen LogP contribution in [0.4, 0.5) is 0 Å². The molecule has 0 aromatic carbocycles. The monoisotopic (exact) mass is 507 g/mol. The van der Waals surface area contributed by atoms with E-state index in [1.165, 1.54) is 44.9 Å². The lowest BCUT2D eigenvalue weighted by Gasteiger charge is -2.57. The predicted molar refractivity (Wildman–Crippen MR) is 146 cm³/mol. The lowest BCUT2D eigenvalue weighted by Crippen LogP contribution is -2.56. The van der Waals surface area contributed by atoms with Gasteiger partial charge in [0.05, 0.1) is 6.61 Å². The molecular weight excluding hydrogens is 454 g/mol. The molecule has 4 rings (SSSR count). The first kappa shape index (κ1) is 27.7. The van der Waals surface area contributed by atoms with E-state index in [2.05, 4.69) is 46.4 Å². The predicted octanol–water partition coefficient (Wildman–Crippen LogP) is 7.53. The van der Waals surface area contributed by atoms with Crippen LogP contribution in [0.2, 0.25) is 0 Å². The molecule has 4 aliphatic rings. The van der Waals surface area contributed by atoms with E-state index < -0.39 is 0 Å². The van der Waals surface area contributed by atoms with Crippen LogP contribution >= 0.6 is 11.6 Å². The molecule has 1 amide bonds. The van der Waals surface area contributed by atoms with Gasteiger partial charge in [-0.2, -0.15) is 0 Å². The molecule has 1 aliphatic heterocycles. The maximum absolute atomic E-state index is 13.7. The van der Waals surface area contributed by atoms with Gasteiger partial charge in [-0.25, -0.2) is 0 Å². The van der Waals surface area contributed by atoms with Gasteiger partial charge in [0.15, 0.2) is 0 Å². The van der Waals surface area contributed by atoms with Crippen molar-refractivity contribution in [2.24, 2.45) is 52.3 Å². The number of aliphatic hydroxyl groups excluding tert-OH is 1. The second-order valence-corrected chi connectivity index (χ2v) is 14.6. The molecule has 202 valence electrons. The van der Waals surface area contributed by atoms with Crippen molar-refractivity contribution in [1.29, 1.82) is 0 Å². The zero-order chi connectivity index (χ0) is 25.5. The molecule has 4 heteroatoms. The topological polar surface area (TPSA) is 40.5 Å². The highest BCUT2D eigenvalue weighted by Gasteiger charge is 2.61. The van der Waals surface area contributed by atoms with Crippen molar-refractivity contribution >= 4 is 17.5 Å². The zero-order valence-corrected chi connectivity index (χ0v) is 24.3. The summed E-state index contributed by atoms with van der Waals surface area (Å²) in [5, 5.41) is 9.98. The second kappa shape index (κ2) is 10.8. The fraction of sp³-hybridized carbons (Fsp3) is 0.968. The van der Waals surface area contributed by atoms with E-state index >= 15 is 0 Å². The van der Waals surface area contributed by atoms with Crippen molar-refractivity contribution < 1.29 is 9.90 Å². The van der Waals surface area contributed by atoms with Gasteiger partial charge in [-0.15, -0.1) is 11.6 Å². The van der Waals surface area contributed by atoms with Gasteiger partial charge < -0.3 is 10.0 Å². The van der Waals surface area contributed by atoms with Gasteiger partial charge in [0.1, 0.15) is 0 Å². The Kier molecular flexibility index (Phi) is 8.59. The van der Waals surface area contributed by atoms with Crippen LogP contribution in [-0.2, 0) is 4.79 Å². The van der Waals surface area contributed by atoms with Crippen molar-refractivity contribution in [3.63, 3.8) is 0 Å². The largest absolute Gasteiger partial charge is 0.395 e. The Balaban J connectivity index is 1.57. The van der Waals surface area contributed by atoms with Gasteiger partial charge in [-0.05, 0) is 104 Å². The molecule has 3 aliphatic carbocycles. The number of amides is 1. The molecular formula is C31H54ClNO2. The highest BCUT2D eigenvalue weighted by molar-refractivity contribution is 6.20. The molecule has 1 N–H and O–H groups in total. The standard InChI is InChI=1S/C31H54ClNO2/c1-7-22(20(2)3)9-8-21(4)25-10-11-26-24-19-29(35)33(16-17-34)28-18-23(32)12-14-31(28,6)27(24)13-15-30(25,26)5/h20-28,34H,7-19H2,1-6H3/t21-,22-,23+,24+,25-,26+,27+,28+,30-,31-/m1/s1. The van der Waals surface area contributed by atoms with E-state index in [0.717, 1.165) is 42.9 Å². The van der Waals surface area contributed by atoms with Crippen LogP contribution in [-0.4, -0.2) is 40.5 Å². The molecule has 10 atom stereocenters. The van der Waals surface area contributed by atoms with Crippen molar-refractivity contribution in [3.05, 3.63) is 0 Å². The molecule has 0 bridgehead atoms. The highest BCUT2D eigenvalue weighted by atomic mass is 35.5. The van der Waals surface area contributed by atoms with Crippen LogP contribution in [0.25, 0.3) is 0 Å². The Morgan fingerprint density at radius 2 is 1.71 bits per heavy atom. The lowest BCUT2D eigenvalue weighted by molar-refractivity contribution is -0.137. The summed E-state index contributed by atoms with van der Waals surface area (Å²) >= 11 is 6.69. The Morgan fingerprint density at radius 1 is 1.03 bits per heavy atom. The molecule has 0 radical (unpaired) electrons. The van der Waals surface area contributed by atoms with Gasteiger partial charge >= 0.3 is 0 Å². The number of carbonyl (C=O) groups is 1. The van der Waals surface area contributed by atoms with Crippen LogP contribution in [0, 0.1) is 52.3 Å². The van der Waals surface area contributed by atoms with Crippen LogP contribution in [0.3, 0.4) is 0 Å². The minimum atomic E-state index is 0.0521. The molecule has 0 aromatic heterocycles. The fourth-order valence-corrected chi connectivity index (χ4v) is 10.4. The van der Waals surface area contributed by atoms with Crippen LogP contribution in [0.15, 0.2) is 0 Å². The summed E-state index contributed by atoms with van der Waals surface area (Å²) in [7, 11) is 0. The minimum Gasteiger partial charge on any atom is -0.395 e. The molecule has 4 fully saturated rings. The summed E-state index contributed by atoms with van der Waals surface area (Å²) < 4.78 is 0. The number of alkyl halides is 1. The number of nitrogens with zero attached hydrogens (tertiary/aromatic N) is 1. The molecule has 0 spiro atoms. The Morgan fingerprint density at radius 3 is 2.37 bits per heavy atom. The van der Waals surface area contributed by atoms with E-state index in [1.54, 1.807) is 0 Å². The SMILES string of the molecule is CC[C@H](CC[C@@H](C)[C@H]1CC[C@H]2[C@@H]3CC(=O)N(CCO)[C@H]4C[C@@H](Cl)CC[C@]4(C)[C@H]3CC[C@]12C)C(C)C. The quantitative estimate of drug-likeness (QED) is 0.345. The molecule has 0 unspecified atom stereocenters. The molecule has 3 saturated carbocycles. The summed E-state index contributed by atoms with van der Waals surface area (Å²) in [6, 6.07) is 0.191. The first-order valence-corrected chi connectivity index (χ1v) is 15.5. The van der Waals surface area contributed by atoms with Gasteiger partial charge in [0.2, 0.25) is 5.91 Å². The van der Waals surface area contributed by atoms with E-state index in [-0.39, 0.29) is 29.3 Å². The Hall–Kier alpha value is -0.280. The summed E-state index contributed by atoms with van der Waals surface area (Å²) in [6.07, 6.45) is 13.1. The van der Waals surface area contributed by atoms with Gasteiger partial charge in [0, 0.05) is 24.4 Å². The fourth-order valence-electron chi connectivity index (χ4n) is 10.1. The number of fused-ring (bicyclic) bond motifs is 5. The van der Waals surface area contributed by atoms with E-state index in [9.17, 15) is 9.90 Å². The third-order valence-electron chi connectivity index (χ3n) is 12.2. The summed E-state index contributed by atoms with van der Waals surface area (Å²) in [5.74, 6) is 5.28. The van der Waals surface area contributed by atoms with Crippen molar-refractivity contribution in [2.45, 2.75) is 124 Å². The number of hydrogen-bond donors (Lipinski definition) is 1. The number of halogens is 1. The average molecular weight is 508 g/mol. The maximum Gasteiger partial charge on any atom is 0.223 e. The molecule has 35 heavy (non-hydrogen) atoms. The third kappa shape index (κ3) is 4.96. The van der Waals surface area contributed by atoms with E-state index in [4.69, 9.17) is 11.6 Å². The van der Waals surface area contributed by atoms with Gasteiger partial charge in [-0.1, -0.05) is 54.4 Å². The lowest BCUT2D eigenvalue weighted by atomic mass is 9.49. The number of likely N-dealkylation sites (tertiary alicyclic amines) is 1. The number of hydrogen-bond acceptors (Lipinski definition) is 2. The van der Waals surface area contributed by atoms with Crippen molar-refractivity contribution in [2.75, 3.05) is 13.2 Å². The molecule has 1 saturated heterocycles. The second-order valence-electron chi connectivity index (χ2n) is 14.0. The summed E-state index contributed by atoms with van der Waals surface area (Å²) in [4.78, 5) is 15.8. The van der Waals surface area contributed by atoms with Crippen LogP contribution in [0.1, 0.15) is 112 Å². The minimum absolute atomic E-state index is 0.0521. The first-order valence-electron chi connectivity index (χ1n) is 15.1. The molecule has 3 nitrogen and oxygen atoms in total. The highest BCUT2D eigenvalue weighted by Crippen LogP contribution is 2.66. The molecule has 1 heterocycles. The summed E-state index contributed by atoms with van der Waals surface area (Å²) in [6.45, 7) is 15.3. The van der Waals surface area contributed by atoms with Gasteiger partial charge in [0.25, 0.3) is 0 Å². The third-order valence-corrected chi connectivity index (χ3v) is 12.6. The van der Waals surface area contributed by atoms with Crippen LogP contribution in [0.5, 0.6) is 0 Å². The van der Waals surface area contributed by atoms with Crippen molar-refractivity contribution in [1.82, 2.24) is 4.90 Å². The van der Waals surface area contributed by atoms with Gasteiger partial charge in [-0.3, -0.25) is 4.79 Å². The van der Waals surface area contributed by atoms with Crippen LogP contribution < -0.4 is 0 Å². The Bertz CT molecular complexity index is 741. The first-order chi connectivity index (χ1) is 16.6. The number of aliphatic hydroxyl groups is 1. The average Bonchev–Trinajstić information content (AvgIpc) is 3.13. The zero-order valence-electron chi connectivity index (χ0n) is 23.6. The van der Waals surface area contributed by atoms with E-state index in [0.29, 0.717) is 36.1 Å². The number of β-amino-alcohol motifs (C(OH)–C–C–N with tert-alkyl or cyclic N) is 1. The maximum atomic E-state index is 13.7. The number of rotatable bonds is 8. The Labute approximate surface area is 221 Å². The van der Waals surface area contributed by atoms with E-state index in [1.807, 2.05) is 0 Å². The van der Waals surface area contributed by atoms with Crippen molar-refractivity contribution in [3.8, 4) is 0 Å². The smallest absolute Gasteiger partial charge is 0.223 e. The molecule has 0 aromatic rings. The normalized spacial score (nSPS) is 43.3. The summed E-state index contributed by atoms with van der Waals surface area (Å²) in [5.41, 5.74) is 0.510.